The van der Waals surface area contributed by atoms with Gasteiger partial charge in [-0.3, -0.25) is 0 Å². The Morgan fingerprint density at radius 1 is 0.611 bits per heavy atom. The first-order valence-electron chi connectivity index (χ1n) is 1.88. The molecule has 0 saturated heterocycles. The molecule has 0 fully saturated rings. The second kappa shape index (κ2) is 38.4. The molecule has 0 heterocycles. The molecule has 0 rings (SSSR count). The van der Waals surface area contributed by atoms with E-state index in [1.807, 2.05) is 0 Å². The first-order chi connectivity index (χ1) is 4.52. The molecule has 0 radical (unpaired) electrons. The van der Waals surface area contributed by atoms with Crippen molar-refractivity contribution in [2.45, 2.75) is 0 Å². The van der Waals surface area contributed by atoms with Gasteiger partial charge < -0.3 is 19.7 Å². The summed E-state index contributed by atoms with van der Waals surface area (Å²) in [5.41, 5.74) is 0. The van der Waals surface area contributed by atoms with Crippen molar-refractivity contribution in [1.29, 1.82) is 0 Å². The van der Waals surface area contributed by atoms with Gasteiger partial charge in [0.2, 0.25) is 0 Å². The van der Waals surface area contributed by atoms with Crippen molar-refractivity contribution in [3.05, 3.63) is 0 Å². The van der Waals surface area contributed by atoms with Gasteiger partial charge in [0.05, 0.1) is 0 Å². The molecule has 0 aromatic carbocycles. The average molecular weight is 611 g/mol. The minimum atomic E-state index is -1.92. The molecule has 15 heteroatoms. The van der Waals surface area contributed by atoms with E-state index >= 15 is 0 Å². The van der Waals surface area contributed by atoms with Crippen LogP contribution in [0.5, 0.6) is 0 Å². The van der Waals surface area contributed by atoms with Crippen LogP contribution < -0.4 is 0 Å². The number of hydrogen-bond donors (Lipinski definition) is 2. The predicted octanol–water partition coefficient (Wildman–Crippen LogP) is -2.11. The van der Waals surface area contributed by atoms with Gasteiger partial charge in [-0.2, -0.15) is 0 Å². The summed E-state index contributed by atoms with van der Waals surface area (Å²) in [6.45, 7) is 0. The molecule has 0 aliphatic heterocycles. The summed E-state index contributed by atoms with van der Waals surface area (Å²) in [6.07, 6.45) is -5.64. The number of rotatable bonds is 0. The summed E-state index contributed by atoms with van der Waals surface area (Å²) >= 11 is 0. The van der Waals surface area contributed by atoms with Crippen LogP contribution in [0.15, 0.2) is 0 Å². The third-order valence-corrected chi connectivity index (χ3v) is 0.341. The van der Waals surface area contributed by atoms with Crippen LogP contribution >= 0.6 is 0 Å². The Labute approximate surface area is 268 Å². The molecule has 80 valence electrons. The minimum absolute atomic E-state index is 0. The van der Waals surface area contributed by atoms with Crippen LogP contribution in [-0.2, 0) is 114 Å². The SMILES string of the molecule is O=C(O)OC(=O)OC(=O)O.[NaH].[NaH].[NaH].[NaH].[Zr].[Zr].[Zr].[Zr]. The zero-order chi connectivity index (χ0) is 8.15. The molecule has 18 heavy (non-hydrogen) atoms. The van der Waals surface area contributed by atoms with Crippen LogP contribution in [0, 0.1) is 0 Å². The van der Waals surface area contributed by atoms with Crippen molar-refractivity contribution in [2.75, 3.05) is 0 Å². The monoisotopic (exact) mass is 606 g/mol. The Hall–Kier alpha value is 5.74. The van der Waals surface area contributed by atoms with Crippen molar-refractivity contribution in [1.82, 2.24) is 0 Å². The summed E-state index contributed by atoms with van der Waals surface area (Å²) in [5.74, 6) is 0. The van der Waals surface area contributed by atoms with Crippen molar-refractivity contribution in [3.8, 4) is 0 Å². The topological polar surface area (TPSA) is 110 Å². The van der Waals surface area contributed by atoms with Gasteiger partial charge in [0, 0.05) is 105 Å². The molecule has 0 saturated carbocycles. The predicted molar refractivity (Wildman–Crippen MR) is 52.2 cm³/mol. The van der Waals surface area contributed by atoms with Crippen LogP contribution in [0.2, 0.25) is 0 Å². The first-order valence-corrected chi connectivity index (χ1v) is 1.88. The Balaban J connectivity index is -0.0000000145. The largest absolute Gasteiger partial charge is 0 e. The number of ether oxygens (including phenoxy) is 2. The van der Waals surface area contributed by atoms with E-state index in [9.17, 15) is 14.4 Å². The molecule has 0 aromatic heterocycles. The molecule has 0 aromatic rings. The van der Waals surface area contributed by atoms with Crippen LogP contribution in [0.25, 0.3) is 0 Å². The molecule has 0 unspecified atom stereocenters. The molecule has 2 N–H and O–H groups in total. The Bertz CT molecular complexity index is 178. The summed E-state index contributed by atoms with van der Waals surface area (Å²) in [7, 11) is 0. The molecular formula is C3H6Na4O7Zr4. The number of carboxylic acid groups (broad SMARTS) is 2. The Morgan fingerprint density at radius 2 is 0.778 bits per heavy atom. The van der Waals surface area contributed by atoms with Crippen LogP contribution in [0.1, 0.15) is 0 Å². The second-order valence-corrected chi connectivity index (χ2v) is 0.986. The summed E-state index contributed by atoms with van der Waals surface area (Å²) < 4.78 is 6.47. The quantitative estimate of drug-likeness (QED) is 0.184. The molecular weight excluding hydrogens is 605 g/mol. The van der Waals surface area contributed by atoms with Gasteiger partial charge in [-0.25, -0.2) is 14.4 Å². The summed E-state index contributed by atoms with van der Waals surface area (Å²) in [6, 6.07) is 0. The first kappa shape index (κ1) is 56.5. The van der Waals surface area contributed by atoms with E-state index in [0.717, 1.165) is 0 Å². The zero-order valence-corrected chi connectivity index (χ0v) is 16.3. The number of carbonyl (C=O) groups excluding carboxylic acids is 1. The molecule has 0 spiro atoms. The van der Waals surface area contributed by atoms with Gasteiger partial charge in [0.15, 0.2) is 0 Å². The Morgan fingerprint density at radius 3 is 0.889 bits per heavy atom. The molecule has 0 bridgehead atoms. The van der Waals surface area contributed by atoms with E-state index in [4.69, 9.17) is 10.2 Å². The molecule has 0 aliphatic rings. The summed E-state index contributed by atoms with van der Waals surface area (Å²) in [5, 5.41) is 15.4. The maximum atomic E-state index is 9.86. The van der Waals surface area contributed by atoms with Crippen LogP contribution in [0.4, 0.5) is 14.4 Å². The maximum absolute atomic E-state index is 9.86. The van der Waals surface area contributed by atoms with E-state index in [0.29, 0.717) is 0 Å². The van der Waals surface area contributed by atoms with Gasteiger partial charge >= 0.3 is 137 Å². The normalized spacial score (nSPS) is 4.44. The minimum Gasteiger partial charge on any atom is 0 e. The summed E-state index contributed by atoms with van der Waals surface area (Å²) in [4.78, 5) is 28.8. The van der Waals surface area contributed by atoms with E-state index in [1.54, 1.807) is 0 Å². The number of hydrogen-bond acceptors (Lipinski definition) is 5. The molecule has 7 nitrogen and oxygen atoms in total. The van der Waals surface area contributed by atoms with E-state index in [1.165, 1.54) is 0 Å². The van der Waals surface area contributed by atoms with E-state index in [-0.39, 0.29) is 223 Å². The van der Waals surface area contributed by atoms with E-state index < -0.39 is 18.5 Å². The van der Waals surface area contributed by atoms with Crippen molar-refractivity contribution in [3.63, 3.8) is 0 Å². The van der Waals surface area contributed by atoms with Crippen molar-refractivity contribution < 1.29 is 139 Å². The van der Waals surface area contributed by atoms with Crippen LogP contribution in [0.3, 0.4) is 0 Å². The zero-order valence-electron chi connectivity index (χ0n) is 6.44. The molecule has 0 atom stereocenters. The fourth-order valence-electron chi connectivity index (χ4n) is 0.163. The van der Waals surface area contributed by atoms with Gasteiger partial charge in [-0.1, -0.05) is 0 Å². The fraction of sp³-hybridized carbons (Fsp3) is 0. The van der Waals surface area contributed by atoms with Gasteiger partial charge in [0.1, 0.15) is 0 Å². The van der Waals surface area contributed by atoms with Crippen molar-refractivity contribution in [2.24, 2.45) is 0 Å². The van der Waals surface area contributed by atoms with Crippen LogP contribution in [-0.4, -0.2) is 147 Å². The third kappa shape index (κ3) is 49.5. The van der Waals surface area contributed by atoms with Gasteiger partial charge in [-0.05, 0) is 0 Å². The van der Waals surface area contributed by atoms with Crippen molar-refractivity contribution >= 4 is 137 Å². The van der Waals surface area contributed by atoms with Gasteiger partial charge in [0.25, 0.3) is 0 Å². The Kier molecular flexibility index (Phi) is 120. The molecule has 0 aliphatic carbocycles. The second-order valence-electron chi connectivity index (χ2n) is 0.986. The smallest absolute Gasteiger partial charge is 0 e. The standard InChI is InChI=1S/C3H2O7.4Na.4Zr.4H/c4-1(5)9-3(8)10-2(6)7;;;;;;;;;;;;/h(H,4,5)(H,6,7);;;;;;;;;;;;. The average Bonchev–Trinajstić information content (AvgIpc) is 1.58. The fourth-order valence-corrected chi connectivity index (χ4v) is 0.163. The maximum Gasteiger partial charge on any atom is 0 e. The van der Waals surface area contributed by atoms with E-state index in [2.05, 4.69) is 9.47 Å². The third-order valence-electron chi connectivity index (χ3n) is 0.341. The number of carbonyl (C=O) groups is 3. The molecule has 0 amide bonds. The van der Waals surface area contributed by atoms with Gasteiger partial charge in [-0.15, -0.1) is 0 Å².